The van der Waals surface area contributed by atoms with E-state index < -0.39 is 10.8 Å². The Morgan fingerprint density at radius 3 is 2.69 bits per heavy atom. The Balaban J connectivity index is 1.47. The Morgan fingerprint density at radius 1 is 1.17 bits per heavy atom. The van der Waals surface area contributed by atoms with E-state index in [-0.39, 0.29) is 16.4 Å². The van der Waals surface area contributed by atoms with Gasteiger partial charge in [-0.15, -0.1) is 0 Å². The number of fused-ring (bicyclic) bond motifs is 1. The van der Waals surface area contributed by atoms with E-state index in [1.807, 2.05) is 30.3 Å². The summed E-state index contributed by atoms with van der Waals surface area (Å²) in [6.07, 6.45) is 1.05. The van der Waals surface area contributed by atoms with Crippen LogP contribution >= 0.6 is 12.2 Å². The predicted octanol–water partition coefficient (Wildman–Crippen LogP) is 6.35. The molecule has 178 valence electrons. The third kappa shape index (κ3) is 5.36. The Labute approximate surface area is 207 Å². The minimum Gasteiger partial charge on any atom is -0.436 e. The van der Waals surface area contributed by atoms with Gasteiger partial charge >= 0.3 is 0 Å². The topological polar surface area (TPSA) is 110 Å². The van der Waals surface area contributed by atoms with Gasteiger partial charge in [-0.25, -0.2) is 4.98 Å². The molecule has 0 bridgehead atoms. The zero-order valence-electron chi connectivity index (χ0n) is 19.5. The van der Waals surface area contributed by atoms with Crippen LogP contribution in [-0.2, 0) is 0 Å². The highest BCUT2D eigenvalue weighted by atomic mass is 32.1. The van der Waals surface area contributed by atoms with E-state index in [0.717, 1.165) is 17.5 Å². The third-order valence-electron chi connectivity index (χ3n) is 5.84. The summed E-state index contributed by atoms with van der Waals surface area (Å²) in [6.45, 7) is 5.91. The van der Waals surface area contributed by atoms with Crippen molar-refractivity contribution in [2.75, 3.05) is 5.32 Å². The van der Waals surface area contributed by atoms with E-state index >= 15 is 0 Å². The van der Waals surface area contributed by atoms with Gasteiger partial charge in [0.1, 0.15) is 5.52 Å². The highest BCUT2D eigenvalue weighted by Crippen LogP contribution is 2.29. The van der Waals surface area contributed by atoms with Gasteiger partial charge in [0.15, 0.2) is 10.7 Å². The number of carbonyl (C=O) groups excluding carboxylic acids is 1. The van der Waals surface area contributed by atoms with Gasteiger partial charge in [-0.3, -0.25) is 20.2 Å². The van der Waals surface area contributed by atoms with Crippen molar-refractivity contribution in [2.24, 2.45) is 0 Å². The largest absolute Gasteiger partial charge is 0.436 e. The van der Waals surface area contributed by atoms with Gasteiger partial charge in [-0.2, -0.15) is 0 Å². The number of oxazole rings is 1. The lowest BCUT2D eigenvalue weighted by Crippen LogP contribution is -2.34. The molecule has 8 nitrogen and oxygen atoms in total. The summed E-state index contributed by atoms with van der Waals surface area (Å²) in [4.78, 5) is 27.7. The number of aromatic nitrogens is 1. The van der Waals surface area contributed by atoms with Crippen LogP contribution in [0.3, 0.4) is 0 Å². The molecule has 1 aromatic heterocycles. The molecule has 35 heavy (non-hydrogen) atoms. The number of nitro groups is 1. The zero-order chi connectivity index (χ0) is 25.1. The lowest BCUT2D eigenvalue weighted by Gasteiger charge is -2.10. The molecular formula is C26H24N4O4S. The number of thiocarbonyl (C=S) groups is 1. The quantitative estimate of drug-likeness (QED) is 0.185. The van der Waals surface area contributed by atoms with Crippen LogP contribution in [0.25, 0.3) is 22.6 Å². The van der Waals surface area contributed by atoms with Gasteiger partial charge in [0.25, 0.3) is 11.6 Å². The van der Waals surface area contributed by atoms with E-state index in [1.54, 1.807) is 6.92 Å². The molecule has 4 aromatic rings. The molecule has 0 fully saturated rings. The molecular weight excluding hydrogens is 464 g/mol. The smallest absolute Gasteiger partial charge is 0.272 e. The fourth-order valence-electron chi connectivity index (χ4n) is 3.68. The van der Waals surface area contributed by atoms with Gasteiger partial charge in [0.05, 0.1) is 4.92 Å². The fraction of sp³-hybridized carbons (Fsp3) is 0.192. The molecule has 0 unspecified atom stereocenters. The normalized spacial score (nSPS) is 11.7. The van der Waals surface area contributed by atoms with Crippen molar-refractivity contribution in [1.82, 2.24) is 10.3 Å². The van der Waals surface area contributed by atoms with Crippen LogP contribution in [-0.4, -0.2) is 20.9 Å². The number of nitrogens with zero attached hydrogens (tertiary/aromatic N) is 2. The molecule has 0 aliphatic carbocycles. The van der Waals surface area contributed by atoms with Crippen LogP contribution in [0.4, 0.5) is 11.4 Å². The summed E-state index contributed by atoms with van der Waals surface area (Å²) in [6, 6.07) is 17.6. The summed E-state index contributed by atoms with van der Waals surface area (Å²) in [7, 11) is 0. The minimum absolute atomic E-state index is 0.0469. The van der Waals surface area contributed by atoms with Gasteiger partial charge < -0.3 is 9.73 Å². The molecule has 3 aromatic carbocycles. The lowest BCUT2D eigenvalue weighted by molar-refractivity contribution is -0.385. The summed E-state index contributed by atoms with van der Waals surface area (Å²) >= 11 is 5.28. The van der Waals surface area contributed by atoms with Gasteiger partial charge in [0, 0.05) is 28.4 Å². The van der Waals surface area contributed by atoms with Crippen LogP contribution < -0.4 is 10.6 Å². The lowest BCUT2D eigenvalue weighted by atomic mass is 9.98. The predicted molar refractivity (Wildman–Crippen MR) is 140 cm³/mol. The van der Waals surface area contributed by atoms with Crippen LogP contribution in [0.5, 0.6) is 0 Å². The monoisotopic (exact) mass is 488 g/mol. The number of anilines is 1. The number of hydrogen-bond donors (Lipinski definition) is 2. The second-order valence-electron chi connectivity index (χ2n) is 8.30. The molecule has 1 heterocycles. The Morgan fingerprint density at radius 2 is 1.97 bits per heavy atom. The van der Waals surface area contributed by atoms with Gasteiger partial charge in [0.2, 0.25) is 5.89 Å². The van der Waals surface area contributed by atoms with Gasteiger partial charge in [-0.05, 0) is 79.5 Å². The maximum Gasteiger partial charge on any atom is 0.272 e. The molecule has 0 aliphatic heterocycles. The van der Waals surface area contributed by atoms with Crippen molar-refractivity contribution in [2.45, 2.75) is 33.1 Å². The van der Waals surface area contributed by atoms with Crippen LogP contribution in [0, 0.1) is 17.0 Å². The molecule has 0 saturated heterocycles. The maximum absolute atomic E-state index is 12.5. The number of nitro benzene ring substituents is 1. The number of amides is 1. The first kappa shape index (κ1) is 24.0. The van der Waals surface area contributed by atoms with E-state index in [2.05, 4.69) is 41.6 Å². The van der Waals surface area contributed by atoms with Crippen LogP contribution in [0.1, 0.15) is 47.7 Å². The molecule has 2 N–H and O–H groups in total. The number of nitrogens with one attached hydrogen (secondary N) is 2. The third-order valence-corrected chi connectivity index (χ3v) is 6.05. The number of aryl methyl sites for hydroxylation is 1. The summed E-state index contributed by atoms with van der Waals surface area (Å²) < 4.78 is 5.95. The Kier molecular flexibility index (Phi) is 6.88. The number of rotatable bonds is 6. The highest BCUT2D eigenvalue weighted by Gasteiger charge is 2.15. The molecule has 0 aliphatic rings. The van der Waals surface area contributed by atoms with E-state index in [1.165, 1.54) is 23.8 Å². The van der Waals surface area contributed by atoms with Crippen molar-refractivity contribution < 1.29 is 14.1 Å². The molecule has 1 amide bonds. The average molecular weight is 489 g/mol. The van der Waals surface area contributed by atoms with Crippen molar-refractivity contribution in [1.29, 1.82) is 0 Å². The van der Waals surface area contributed by atoms with E-state index in [9.17, 15) is 14.9 Å². The first-order chi connectivity index (χ1) is 16.7. The van der Waals surface area contributed by atoms with Crippen molar-refractivity contribution in [3.63, 3.8) is 0 Å². The summed E-state index contributed by atoms with van der Waals surface area (Å²) in [5, 5.41) is 16.7. The molecule has 0 spiro atoms. The highest BCUT2D eigenvalue weighted by molar-refractivity contribution is 7.80. The average Bonchev–Trinajstić information content (AvgIpc) is 3.27. The summed E-state index contributed by atoms with van der Waals surface area (Å²) in [5.41, 5.74) is 4.77. The Hall–Kier alpha value is -4.11. The van der Waals surface area contributed by atoms with Crippen LogP contribution in [0.2, 0.25) is 0 Å². The fourth-order valence-corrected chi connectivity index (χ4v) is 3.89. The number of carbonyl (C=O) groups is 1. The Bertz CT molecular complexity index is 1450. The van der Waals surface area contributed by atoms with E-state index in [0.29, 0.717) is 28.6 Å². The summed E-state index contributed by atoms with van der Waals surface area (Å²) in [5.74, 6) is 0.465. The molecule has 9 heteroatoms. The number of hydrogen-bond acceptors (Lipinski definition) is 6. The SMILES string of the molecule is CC[C@@H](C)c1ccc2oc(-c3cccc(NC(=S)NC(=O)c4ccc([N+](=O)[O-])c(C)c4)c3)nc2c1. The van der Waals surface area contributed by atoms with Gasteiger partial charge in [-0.1, -0.05) is 26.0 Å². The second-order valence-corrected chi connectivity index (χ2v) is 8.71. The van der Waals surface area contributed by atoms with Crippen LogP contribution in [0.15, 0.2) is 65.1 Å². The minimum atomic E-state index is -0.488. The van der Waals surface area contributed by atoms with Crippen molar-refractivity contribution in [3.05, 3.63) is 87.5 Å². The first-order valence-electron chi connectivity index (χ1n) is 11.1. The van der Waals surface area contributed by atoms with Crippen molar-refractivity contribution in [3.8, 4) is 11.5 Å². The zero-order valence-corrected chi connectivity index (χ0v) is 20.3. The van der Waals surface area contributed by atoms with E-state index in [4.69, 9.17) is 16.6 Å². The second kappa shape index (κ2) is 10.0. The van der Waals surface area contributed by atoms with Crippen molar-refractivity contribution >= 4 is 45.7 Å². The first-order valence-corrected chi connectivity index (χ1v) is 11.5. The molecule has 0 saturated carbocycles. The molecule has 1 atom stereocenters. The molecule has 0 radical (unpaired) electrons. The maximum atomic E-state index is 12.5. The number of benzene rings is 3. The standard InChI is InChI=1S/C26H24N4O4S/c1-4-15(2)17-9-11-23-21(14-17)28-25(34-23)19-6-5-7-20(13-19)27-26(35)29-24(31)18-8-10-22(30(32)33)16(3)12-18/h5-15H,4H2,1-3H3,(H2,27,29,31,35)/t15-/m1/s1. The molecule has 4 rings (SSSR count).